The van der Waals surface area contributed by atoms with Crippen molar-refractivity contribution in [3.8, 4) is 0 Å². The second-order valence-corrected chi connectivity index (χ2v) is 6.91. The van der Waals surface area contributed by atoms with Crippen LogP contribution >= 0.6 is 34.7 Å². The Hall–Kier alpha value is -1.00. The van der Waals surface area contributed by atoms with Crippen molar-refractivity contribution in [3.63, 3.8) is 0 Å². The summed E-state index contributed by atoms with van der Waals surface area (Å²) in [4.78, 5) is 1.12. The standard InChI is InChI=1S/C16H13ClOS2/c17-12-4-6-13(7-5-12)20-10-15(18)14-3-1-2-11-8-9-19-16(11)14/h1-9,15,18H,10H2. The summed E-state index contributed by atoms with van der Waals surface area (Å²) in [6.07, 6.45) is -0.460. The molecule has 0 saturated carbocycles. The molecule has 1 nitrogen and oxygen atoms in total. The number of hydrogen-bond acceptors (Lipinski definition) is 3. The molecule has 3 aromatic rings. The Morgan fingerprint density at radius 1 is 1.10 bits per heavy atom. The molecule has 1 aromatic heterocycles. The summed E-state index contributed by atoms with van der Waals surface area (Å²) >= 11 is 9.18. The number of rotatable bonds is 4. The van der Waals surface area contributed by atoms with Crippen molar-refractivity contribution >= 4 is 44.8 Å². The van der Waals surface area contributed by atoms with Crippen LogP contribution in [0.4, 0.5) is 0 Å². The Morgan fingerprint density at radius 3 is 2.70 bits per heavy atom. The largest absolute Gasteiger partial charge is 0.387 e. The van der Waals surface area contributed by atoms with E-state index in [1.165, 1.54) is 10.1 Å². The van der Waals surface area contributed by atoms with Gasteiger partial charge < -0.3 is 5.11 Å². The van der Waals surface area contributed by atoms with Crippen molar-refractivity contribution in [3.05, 3.63) is 64.5 Å². The first-order valence-electron chi connectivity index (χ1n) is 6.26. The molecular formula is C16H13ClOS2. The minimum Gasteiger partial charge on any atom is -0.387 e. The fourth-order valence-corrected chi connectivity index (χ4v) is 4.02. The van der Waals surface area contributed by atoms with Crippen LogP contribution in [0.15, 0.2) is 58.8 Å². The molecule has 1 atom stereocenters. The summed E-state index contributed by atoms with van der Waals surface area (Å²) in [5.74, 6) is 0.638. The third-order valence-electron chi connectivity index (χ3n) is 3.09. The number of halogens is 1. The summed E-state index contributed by atoms with van der Waals surface area (Å²) in [5.41, 5.74) is 1.01. The molecule has 0 bridgehead atoms. The van der Waals surface area contributed by atoms with E-state index in [9.17, 15) is 5.11 Å². The average Bonchev–Trinajstić information content (AvgIpc) is 2.94. The van der Waals surface area contributed by atoms with Crippen LogP contribution in [0.3, 0.4) is 0 Å². The van der Waals surface area contributed by atoms with Crippen molar-refractivity contribution in [2.75, 3.05) is 5.75 Å². The van der Waals surface area contributed by atoms with Gasteiger partial charge in [-0.15, -0.1) is 23.1 Å². The van der Waals surface area contributed by atoms with Crippen LogP contribution in [0.25, 0.3) is 10.1 Å². The summed E-state index contributed by atoms with van der Waals surface area (Å²) in [6, 6.07) is 15.9. The molecule has 1 N–H and O–H groups in total. The van der Waals surface area contributed by atoms with Gasteiger partial charge in [0.1, 0.15) is 0 Å². The van der Waals surface area contributed by atoms with Gasteiger partial charge in [0.25, 0.3) is 0 Å². The zero-order valence-electron chi connectivity index (χ0n) is 10.6. The molecule has 1 heterocycles. The molecule has 20 heavy (non-hydrogen) atoms. The molecule has 0 radical (unpaired) electrons. The highest BCUT2D eigenvalue weighted by atomic mass is 35.5. The molecule has 1 unspecified atom stereocenters. The van der Waals surface area contributed by atoms with Crippen molar-refractivity contribution in [1.29, 1.82) is 0 Å². The van der Waals surface area contributed by atoms with E-state index in [4.69, 9.17) is 11.6 Å². The van der Waals surface area contributed by atoms with Crippen LogP contribution in [-0.2, 0) is 0 Å². The predicted molar refractivity (Wildman–Crippen MR) is 89.0 cm³/mol. The Morgan fingerprint density at radius 2 is 1.90 bits per heavy atom. The van der Waals surface area contributed by atoms with Crippen LogP contribution in [0.5, 0.6) is 0 Å². The maximum Gasteiger partial charge on any atom is 0.0897 e. The molecule has 3 rings (SSSR count). The maximum absolute atomic E-state index is 10.4. The second-order valence-electron chi connectivity index (χ2n) is 4.47. The normalized spacial score (nSPS) is 12.7. The Balaban J connectivity index is 1.74. The maximum atomic E-state index is 10.4. The van der Waals surface area contributed by atoms with Gasteiger partial charge in [-0.25, -0.2) is 0 Å². The Kier molecular flexibility index (Phi) is 4.32. The van der Waals surface area contributed by atoms with E-state index in [0.717, 1.165) is 15.5 Å². The van der Waals surface area contributed by atoms with Gasteiger partial charge in [0.05, 0.1) is 6.10 Å². The Bertz CT molecular complexity index is 706. The van der Waals surface area contributed by atoms with Crippen LogP contribution in [0, 0.1) is 0 Å². The highest BCUT2D eigenvalue weighted by molar-refractivity contribution is 7.99. The van der Waals surface area contributed by atoms with Gasteiger partial charge in [-0.1, -0.05) is 29.8 Å². The quantitative estimate of drug-likeness (QED) is 0.651. The van der Waals surface area contributed by atoms with Crippen molar-refractivity contribution in [2.45, 2.75) is 11.0 Å². The number of aliphatic hydroxyl groups excluding tert-OH is 1. The van der Waals surface area contributed by atoms with E-state index >= 15 is 0 Å². The van der Waals surface area contributed by atoms with E-state index in [1.807, 2.05) is 36.4 Å². The summed E-state index contributed by atoms with van der Waals surface area (Å²) in [7, 11) is 0. The first-order chi connectivity index (χ1) is 9.74. The fraction of sp³-hybridized carbons (Fsp3) is 0.125. The van der Waals surface area contributed by atoms with Crippen LogP contribution in [0.2, 0.25) is 5.02 Å². The molecular weight excluding hydrogens is 308 g/mol. The van der Waals surface area contributed by atoms with E-state index in [-0.39, 0.29) is 0 Å². The minimum atomic E-state index is -0.460. The van der Waals surface area contributed by atoms with Gasteiger partial charge in [0.2, 0.25) is 0 Å². The molecule has 0 saturated heterocycles. The number of aliphatic hydroxyl groups is 1. The molecule has 0 amide bonds. The molecule has 0 aliphatic carbocycles. The molecule has 2 aromatic carbocycles. The first kappa shape index (κ1) is 14.0. The van der Waals surface area contributed by atoms with Crippen LogP contribution in [0.1, 0.15) is 11.7 Å². The highest BCUT2D eigenvalue weighted by Gasteiger charge is 2.12. The first-order valence-corrected chi connectivity index (χ1v) is 8.51. The van der Waals surface area contributed by atoms with Crippen molar-refractivity contribution < 1.29 is 5.11 Å². The van der Waals surface area contributed by atoms with Crippen molar-refractivity contribution in [1.82, 2.24) is 0 Å². The number of benzene rings is 2. The number of thiophene rings is 1. The summed E-state index contributed by atoms with van der Waals surface area (Å²) in [6.45, 7) is 0. The highest BCUT2D eigenvalue weighted by Crippen LogP contribution is 2.32. The zero-order valence-corrected chi connectivity index (χ0v) is 13.0. The van der Waals surface area contributed by atoms with Gasteiger partial charge in [0.15, 0.2) is 0 Å². The summed E-state index contributed by atoms with van der Waals surface area (Å²) < 4.78 is 1.18. The second kappa shape index (κ2) is 6.19. The Labute approximate surface area is 131 Å². The van der Waals surface area contributed by atoms with Gasteiger partial charge in [-0.2, -0.15) is 0 Å². The van der Waals surface area contributed by atoms with Crippen molar-refractivity contribution in [2.24, 2.45) is 0 Å². The smallest absolute Gasteiger partial charge is 0.0897 e. The van der Waals surface area contributed by atoms with Crippen LogP contribution < -0.4 is 0 Å². The van der Waals surface area contributed by atoms with E-state index in [1.54, 1.807) is 23.1 Å². The molecule has 102 valence electrons. The monoisotopic (exact) mass is 320 g/mol. The SMILES string of the molecule is OC(CSc1ccc(Cl)cc1)c1cccc2ccsc12. The van der Waals surface area contributed by atoms with E-state index < -0.39 is 6.10 Å². The van der Waals surface area contributed by atoms with Gasteiger partial charge in [-0.3, -0.25) is 0 Å². The third-order valence-corrected chi connectivity index (χ3v) is 5.41. The summed E-state index contributed by atoms with van der Waals surface area (Å²) in [5, 5.41) is 14.4. The fourth-order valence-electron chi connectivity index (χ4n) is 2.07. The lowest BCUT2D eigenvalue weighted by molar-refractivity contribution is 0.206. The zero-order chi connectivity index (χ0) is 13.9. The van der Waals surface area contributed by atoms with Gasteiger partial charge in [-0.05, 0) is 46.7 Å². The van der Waals surface area contributed by atoms with Gasteiger partial charge >= 0.3 is 0 Å². The van der Waals surface area contributed by atoms with E-state index in [2.05, 4.69) is 17.5 Å². The minimum absolute atomic E-state index is 0.460. The topological polar surface area (TPSA) is 20.2 Å². The lowest BCUT2D eigenvalue weighted by Crippen LogP contribution is -2.00. The average molecular weight is 321 g/mol. The number of fused-ring (bicyclic) bond motifs is 1. The molecule has 0 fully saturated rings. The lowest BCUT2D eigenvalue weighted by atomic mass is 10.1. The lowest BCUT2D eigenvalue weighted by Gasteiger charge is -2.11. The molecule has 0 aliphatic rings. The predicted octanol–water partition coefficient (Wildman–Crippen LogP) is 5.38. The molecule has 0 aliphatic heterocycles. The number of thioether (sulfide) groups is 1. The molecule has 4 heteroatoms. The van der Waals surface area contributed by atoms with E-state index in [0.29, 0.717) is 5.75 Å². The molecule has 0 spiro atoms. The number of hydrogen-bond donors (Lipinski definition) is 1. The van der Waals surface area contributed by atoms with Crippen LogP contribution in [-0.4, -0.2) is 10.9 Å². The van der Waals surface area contributed by atoms with Gasteiger partial charge in [0, 0.05) is 20.4 Å². The third kappa shape index (κ3) is 3.01.